The number of hydrogen-bond donors (Lipinski definition) is 1. The molecule has 0 unspecified atom stereocenters. The molecule has 128 valence electrons. The molecule has 0 aliphatic heterocycles. The molecule has 0 spiro atoms. The van der Waals surface area contributed by atoms with Gasteiger partial charge in [-0.3, -0.25) is 4.79 Å². The Kier molecular flexibility index (Phi) is 5.50. The summed E-state index contributed by atoms with van der Waals surface area (Å²) in [4.78, 5) is 16.4. The van der Waals surface area contributed by atoms with E-state index in [-0.39, 0.29) is 30.5 Å². The molecule has 0 bridgehead atoms. The van der Waals surface area contributed by atoms with E-state index in [0.717, 1.165) is 16.3 Å². The molecule has 1 aromatic heterocycles. The largest absolute Gasteiger partial charge is 0.352 e. The van der Waals surface area contributed by atoms with Crippen LogP contribution in [0.15, 0.2) is 53.9 Å². The number of hydrogen-bond acceptors (Lipinski definition) is 3. The molecular weight excluding hydrogens is 342 g/mol. The molecule has 0 saturated carbocycles. The van der Waals surface area contributed by atoms with Crippen molar-refractivity contribution in [1.82, 2.24) is 10.3 Å². The Bertz CT molecular complexity index is 862. The molecule has 6 heteroatoms. The summed E-state index contributed by atoms with van der Waals surface area (Å²) in [6, 6.07) is 12.5. The number of rotatable bonds is 6. The van der Waals surface area contributed by atoms with Crippen LogP contribution in [-0.2, 0) is 17.8 Å². The topological polar surface area (TPSA) is 42.0 Å². The third-order valence-corrected chi connectivity index (χ3v) is 4.63. The van der Waals surface area contributed by atoms with Crippen molar-refractivity contribution in [3.8, 4) is 10.6 Å². The Morgan fingerprint density at radius 1 is 1.08 bits per heavy atom. The third-order valence-electron chi connectivity index (χ3n) is 3.68. The van der Waals surface area contributed by atoms with Crippen LogP contribution in [0.4, 0.5) is 8.78 Å². The van der Waals surface area contributed by atoms with Gasteiger partial charge in [0.1, 0.15) is 16.6 Å². The quantitative estimate of drug-likeness (QED) is 0.712. The number of halogens is 2. The zero-order valence-electron chi connectivity index (χ0n) is 13.3. The van der Waals surface area contributed by atoms with Gasteiger partial charge in [0.25, 0.3) is 0 Å². The number of benzene rings is 2. The summed E-state index contributed by atoms with van der Waals surface area (Å²) in [5.74, 6) is -0.766. The van der Waals surface area contributed by atoms with Crippen LogP contribution < -0.4 is 5.32 Å². The van der Waals surface area contributed by atoms with Crippen LogP contribution in [0.5, 0.6) is 0 Å². The van der Waals surface area contributed by atoms with E-state index in [0.29, 0.717) is 12.0 Å². The Labute approximate surface area is 148 Å². The molecule has 0 aliphatic rings. The first kappa shape index (κ1) is 17.2. The molecule has 3 aromatic rings. The lowest BCUT2D eigenvalue weighted by Gasteiger charge is -2.05. The van der Waals surface area contributed by atoms with Crippen LogP contribution in [0.25, 0.3) is 10.6 Å². The minimum absolute atomic E-state index is 0.153. The summed E-state index contributed by atoms with van der Waals surface area (Å²) in [6.45, 7) is 0.170. The van der Waals surface area contributed by atoms with Gasteiger partial charge < -0.3 is 5.32 Å². The molecule has 0 saturated heterocycles. The molecule has 0 radical (unpaired) electrons. The second kappa shape index (κ2) is 7.98. The summed E-state index contributed by atoms with van der Waals surface area (Å²) in [6.07, 6.45) is 0.780. The summed E-state index contributed by atoms with van der Waals surface area (Å²) in [7, 11) is 0. The molecule has 0 atom stereocenters. The molecule has 2 aromatic carbocycles. The van der Waals surface area contributed by atoms with E-state index in [1.165, 1.54) is 29.5 Å². The van der Waals surface area contributed by atoms with Gasteiger partial charge in [-0.15, -0.1) is 11.3 Å². The lowest BCUT2D eigenvalue weighted by molar-refractivity contribution is -0.121. The van der Waals surface area contributed by atoms with Crippen molar-refractivity contribution in [3.63, 3.8) is 0 Å². The summed E-state index contributed by atoms with van der Waals surface area (Å²) in [5.41, 5.74) is 2.12. The average molecular weight is 358 g/mol. The van der Waals surface area contributed by atoms with Crippen molar-refractivity contribution >= 4 is 17.2 Å². The SMILES string of the molecule is O=C(CCc1csc(-c2ccc(F)cc2)n1)NCc1ccccc1F. The fourth-order valence-electron chi connectivity index (χ4n) is 2.31. The maximum atomic E-state index is 13.5. The van der Waals surface area contributed by atoms with Gasteiger partial charge in [-0.05, 0) is 36.8 Å². The van der Waals surface area contributed by atoms with Gasteiger partial charge in [-0.1, -0.05) is 18.2 Å². The lowest BCUT2D eigenvalue weighted by atomic mass is 10.2. The Hall–Kier alpha value is -2.60. The predicted molar refractivity (Wildman–Crippen MR) is 94.1 cm³/mol. The molecule has 1 amide bonds. The monoisotopic (exact) mass is 358 g/mol. The predicted octanol–water partition coefficient (Wildman–Crippen LogP) is 4.34. The minimum atomic E-state index is -0.328. The lowest BCUT2D eigenvalue weighted by Crippen LogP contribution is -2.23. The highest BCUT2D eigenvalue weighted by atomic mass is 32.1. The van der Waals surface area contributed by atoms with Gasteiger partial charge in [0, 0.05) is 29.5 Å². The zero-order chi connectivity index (χ0) is 17.6. The van der Waals surface area contributed by atoms with Crippen molar-refractivity contribution in [2.45, 2.75) is 19.4 Å². The number of nitrogens with zero attached hydrogens (tertiary/aromatic N) is 1. The molecule has 3 nitrogen and oxygen atoms in total. The molecule has 0 fully saturated rings. The highest BCUT2D eigenvalue weighted by molar-refractivity contribution is 7.13. The molecule has 0 aliphatic carbocycles. The van der Waals surface area contributed by atoms with Crippen molar-refractivity contribution in [3.05, 3.63) is 76.8 Å². The van der Waals surface area contributed by atoms with Crippen LogP contribution in [-0.4, -0.2) is 10.9 Å². The maximum Gasteiger partial charge on any atom is 0.220 e. The van der Waals surface area contributed by atoms with E-state index in [1.807, 2.05) is 5.38 Å². The maximum absolute atomic E-state index is 13.5. The highest BCUT2D eigenvalue weighted by Gasteiger charge is 2.08. The Morgan fingerprint density at radius 3 is 2.60 bits per heavy atom. The van der Waals surface area contributed by atoms with Gasteiger partial charge in [0.05, 0.1) is 5.69 Å². The smallest absolute Gasteiger partial charge is 0.220 e. The van der Waals surface area contributed by atoms with Crippen LogP contribution >= 0.6 is 11.3 Å². The fourth-order valence-corrected chi connectivity index (χ4v) is 3.17. The number of aromatic nitrogens is 1. The summed E-state index contributed by atoms with van der Waals surface area (Å²) < 4.78 is 26.4. The van der Waals surface area contributed by atoms with Gasteiger partial charge in [-0.2, -0.15) is 0 Å². The first-order valence-corrected chi connectivity index (χ1v) is 8.70. The first-order valence-electron chi connectivity index (χ1n) is 7.82. The van der Waals surface area contributed by atoms with Gasteiger partial charge >= 0.3 is 0 Å². The van der Waals surface area contributed by atoms with E-state index in [9.17, 15) is 13.6 Å². The molecular formula is C19H16F2N2OS. The van der Waals surface area contributed by atoms with Gasteiger partial charge in [0.15, 0.2) is 0 Å². The van der Waals surface area contributed by atoms with Crippen LogP contribution in [0, 0.1) is 11.6 Å². The van der Waals surface area contributed by atoms with Crippen LogP contribution in [0.2, 0.25) is 0 Å². The first-order chi connectivity index (χ1) is 12.1. The molecule has 1 N–H and O–H groups in total. The normalized spacial score (nSPS) is 10.6. The fraction of sp³-hybridized carbons (Fsp3) is 0.158. The highest BCUT2D eigenvalue weighted by Crippen LogP contribution is 2.24. The zero-order valence-corrected chi connectivity index (χ0v) is 14.2. The second-order valence-corrected chi connectivity index (χ2v) is 6.38. The summed E-state index contributed by atoms with van der Waals surface area (Å²) >= 11 is 1.46. The number of carbonyl (C=O) groups is 1. The van der Waals surface area contributed by atoms with E-state index < -0.39 is 0 Å². The standard InChI is InChI=1S/C19H16F2N2OS/c20-15-7-5-13(6-8-15)19-23-16(12-25-19)9-10-18(24)22-11-14-3-1-2-4-17(14)21/h1-8,12H,9-11H2,(H,22,24). The van der Waals surface area contributed by atoms with Gasteiger partial charge in [-0.25, -0.2) is 13.8 Å². The molecule has 25 heavy (non-hydrogen) atoms. The number of aryl methyl sites for hydroxylation is 1. The van der Waals surface area contributed by atoms with Crippen molar-refractivity contribution in [1.29, 1.82) is 0 Å². The van der Waals surface area contributed by atoms with Crippen LogP contribution in [0.3, 0.4) is 0 Å². The number of carbonyl (C=O) groups excluding carboxylic acids is 1. The van der Waals surface area contributed by atoms with Crippen molar-refractivity contribution < 1.29 is 13.6 Å². The Morgan fingerprint density at radius 2 is 1.84 bits per heavy atom. The van der Waals surface area contributed by atoms with Crippen molar-refractivity contribution in [2.75, 3.05) is 0 Å². The van der Waals surface area contributed by atoms with Gasteiger partial charge in [0.2, 0.25) is 5.91 Å². The van der Waals surface area contributed by atoms with E-state index >= 15 is 0 Å². The number of nitrogens with one attached hydrogen (secondary N) is 1. The molecule has 1 heterocycles. The van der Waals surface area contributed by atoms with Crippen molar-refractivity contribution in [2.24, 2.45) is 0 Å². The molecule has 3 rings (SSSR count). The second-order valence-electron chi connectivity index (χ2n) is 5.52. The Balaban J connectivity index is 1.51. The van der Waals surface area contributed by atoms with E-state index in [1.54, 1.807) is 30.3 Å². The summed E-state index contributed by atoms with van der Waals surface area (Å²) in [5, 5.41) is 5.39. The van der Waals surface area contributed by atoms with E-state index in [2.05, 4.69) is 10.3 Å². The third kappa shape index (κ3) is 4.70. The number of thiazole rings is 1. The van der Waals surface area contributed by atoms with Crippen LogP contribution in [0.1, 0.15) is 17.7 Å². The van der Waals surface area contributed by atoms with E-state index in [4.69, 9.17) is 0 Å². The number of amides is 1. The minimum Gasteiger partial charge on any atom is -0.352 e. The average Bonchev–Trinajstić information content (AvgIpc) is 3.09.